The highest BCUT2D eigenvalue weighted by atomic mass is 15.1. The molecule has 0 aliphatic heterocycles. The van der Waals surface area contributed by atoms with Crippen LogP contribution in [0.25, 0.3) is 0 Å². The summed E-state index contributed by atoms with van der Waals surface area (Å²) >= 11 is 0. The summed E-state index contributed by atoms with van der Waals surface area (Å²) < 4.78 is 0. The minimum atomic E-state index is 0.858. The van der Waals surface area contributed by atoms with E-state index in [0.29, 0.717) is 0 Å². The first-order valence-electron chi connectivity index (χ1n) is 7.20. The third-order valence-corrected chi connectivity index (χ3v) is 3.09. The number of aromatic nitrogens is 1. The number of hydrogen-bond acceptors (Lipinski definition) is 3. The van der Waals surface area contributed by atoms with Gasteiger partial charge in [-0.05, 0) is 31.2 Å². The number of rotatable bonds is 7. The van der Waals surface area contributed by atoms with Gasteiger partial charge in [-0.15, -0.1) is 0 Å². The molecule has 0 atom stereocenters. The average Bonchev–Trinajstić information content (AvgIpc) is 2.46. The van der Waals surface area contributed by atoms with Gasteiger partial charge in [0.2, 0.25) is 0 Å². The van der Waals surface area contributed by atoms with E-state index in [0.717, 1.165) is 37.6 Å². The van der Waals surface area contributed by atoms with Crippen molar-refractivity contribution in [2.45, 2.75) is 26.4 Å². The lowest BCUT2D eigenvalue weighted by Gasteiger charge is -2.16. The summed E-state index contributed by atoms with van der Waals surface area (Å²) in [4.78, 5) is 6.92. The molecule has 3 heteroatoms. The van der Waals surface area contributed by atoms with E-state index in [-0.39, 0.29) is 0 Å². The molecular formula is C17H23N3. The van der Waals surface area contributed by atoms with Crippen molar-refractivity contribution in [3.63, 3.8) is 0 Å². The summed E-state index contributed by atoms with van der Waals surface area (Å²) in [5.41, 5.74) is 2.43. The standard InChI is InChI=1S/C17H23N3/c1-3-12-18-17-11-7-10-16(19-17)14-20(2)13-15-8-5-4-6-9-15/h4-11H,3,12-14H2,1-2H3,(H,18,19). The van der Waals surface area contributed by atoms with Crippen LogP contribution in [0.5, 0.6) is 0 Å². The molecule has 106 valence electrons. The van der Waals surface area contributed by atoms with E-state index in [2.05, 4.69) is 65.6 Å². The molecule has 1 heterocycles. The Hall–Kier alpha value is -1.87. The van der Waals surface area contributed by atoms with Crippen molar-refractivity contribution in [1.29, 1.82) is 0 Å². The van der Waals surface area contributed by atoms with Gasteiger partial charge in [-0.25, -0.2) is 4.98 Å². The molecule has 2 aromatic rings. The highest BCUT2D eigenvalue weighted by Crippen LogP contribution is 2.09. The zero-order valence-corrected chi connectivity index (χ0v) is 12.3. The molecule has 2 rings (SSSR count). The van der Waals surface area contributed by atoms with Crippen molar-refractivity contribution in [2.75, 3.05) is 18.9 Å². The Morgan fingerprint density at radius 1 is 1.00 bits per heavy atom. The smallest absolute Gasteiger partial charge is 0.126 e. The summed E-state index contributed by atoms with van der Waals surface area (Å²) in [6.45, 7) is 4.92. The van der Waals surface area contributed by atoms with Gasteiger partial charge in [-0.3, -0.25) is 4.90 Å². The number of nitrogens with one attached hydrogen (secondary N) is 1. The first-order chi connectivity index (χ1) is 9.78. The van der Waals surface area contributed by atoms with Gasteiger partial charge in [-0.2, -0.15) is 0 Å². The van der Waals surface area contributed by atoms with Crippen molar-refractivity contribution >= 4 is 5.82 Å². The Morgan fingerprint density at radius 2 is 1.80 bits per heavy atom. The van der Waals surface area contributed by atoms with Gasteiger partial charge in [0, 0.05) is 19.6 Å². The summed E-state index contributed by atoms with van der Waals surface area (Å²) in [6, 6.07) is 16.7. The molecule has 0 fully saturated rings. The number of nitrogens with zero attached hydrogens (tertiary/aromatic N) is 2. The topological polar surface area (TPSA) is 28.2 Å². The van der Waals surface area contributed by atoms with E-state index in [9.17, 15) is 0 Å². The van der Waals surface area contributed by atoms with Crippen LogP contribution in [0.3, 0.4) is 0 Å². The summed E-state index contributed by atoms with van der Waals surface area (Å²) in [7, 11) is 2.13. The second kappa shape index (κ2) is 7.65. The Labute approximate surface area is 121 Å². The molecule has 1 aromatic heterocycles. The van der Waals surface area contributed by atoms with Gasteiger partial charge in [0.25, 0.3) is 0 Å². The van der Waals surface area contributed by atoms with E-state index >= 15 is 0 Å². The fourth-order valence-electron chi connectivity index (χ4n) is 2.15. The second-order valence-electron chi connectivity index (χ2n) is 5.10. The summed E-state index contributed by atoms with van der Waals surface area (Å²) in [5, 5.41) is 3.33. The maximum atomic E-state index is 4.64. The van der Waals surface area contributed by atoms with Crippen LogP contribution in [0.4, 0.5) is 5.82 Å². The molecule has 1 aromatic carbocycles. The predicted molar refractivity (Wildman–Crippen MR) is 84.6 cm³/mol. The largest absolute Gasteiger partial charge is 0.370 e. The molecule has 0 saturated heterocycles. The van der Waals surface area contributed by atoms with Crippen LogP contribution >= 0.6 is 0 Å². The second-order valence-corrected chi connectivity index (χ2v) is 5.10. The van der Waals surface area contributed by atoms with Gasteiger partial charge in [0.05, 0.1) is 5.69 Å². The molecule has 0 saturated carbocycles. The van der Waals surface area contributed by atoms with Gasteiger partial charge >= 0.3 is 0 Å². The molecule has 0 spiro atoms. The summed E-state index contributed by atoms with van der Waals surface area (Å²) in [6.07, 6.45) is 1.11. The Morgan fingerprint density at radius 3 is 2.55 bits per heavy atom. The predicted octanol–water partition coefficient (Wildman–Crippen LogP) is 3.54. The van der Waals surface area contributed by atoms with Crippen LogP contribution in [0, 0.1) is 0 Å². The molecule has 3 nitrogen and oxygen atoms in total. The normalized spacial score (nSPS) is 10.8. The van der Waals surface area contributed by atoms with Gasteiger partial charge in [0.1, 0.15) is 5.82 Å². The molecule has 1 N–H and O–H groups in total. The van der Waals surface area contributed by atoms with Crippen LogP contribution < -0.4 is 5.32 Å². The molecular weight excluding hydrogens is 246 g/mol. The quantitative estimate of drug-likeness (QED) is 0.833. The minimum Gasteiger partial charge on any atom is -0.370 e. The van der Waals surface area contributed by atoms with E-state index < -0.39 is 0 Å². The average molecular weight is 269 g/mol. The highest BCUT2D eigenvalue weighted by molar-refractivity contribution is 5.35. The highest BCUT2D eigenvalue weighted by Gasteiger charge is 2.03. The fourth-order valence-corrected chi connectivity index (χ4v) is 2.15. The first kappa shape index (κ1) is 14.5. The molecule has 0 radical (unpaired) electrons. The van der Waals surface area contributed by atoms with Crippen LogP contribution in [0.2, 0.25) is 0 Å². The van der Waals surface area contributed by atoms with Gasteiger partial charge < -0.3 is 5.32 Å². The van der Waals surface area contributed by atoms with Crippen molar-refractivity contribution in [2.24, 2.45) is 0 Å². The molecule has 0 aliphatic carbocycles. The van der Waals surface area contributed by atoms with Crippen LogP contribution in [-0.4, -0.2) is 23.5 Å². The van der Waals surface area contributed by atoms with Crippen LogP contribution in [-0.2, 0) is 13.1 Å². The summed E-state index contributed by atoms with van der Waals surface area (Å²) in [5.74, 6) is 0.970. The lowest BCUT2D eigenvalue weighted by molar-refractivity contribution is 0.315. The first-order valence-corrected chi connectivity index (χ1v) is 7.20. The lowest BCUT2D eigenvalue weighted by atomic mass is 10.2. The van der Waals surface area contributed by atoms with Gasteiger partial charge in [-0.1, -0.05) is 43.3 Å². The maximum absolute atomic E-state index is 4.64. The minimum absolute atomic E-state index is 0.858. The number of pyridine rings is 1. The number of anilines is 1. The fraction of sp³-hybridized carbons (Fsp3) is 0.353. The van der Waals surface area contributed by atoms with Gasteiger partial charge in [0.15, 0.2) is 0 Å². The van der Waals surface area contributed by atoms with Crippen molar-refractivity contribution in [1.82, 2.24) is 9.88 Å². The van der Waals surface area contributed by atoms with E-state index in [1.165, 1.54) is 5.56 Å². The zero-order valence-electron chi connectivity index (χ0n) is 12.3. The molecule has 0 amide bonds. The van der Waals surface area contributed by atoms with Crippen LogP contribution in [0.1, 0.15) is 24.6 Å². The van der Waals surface area contributed by atoms with Crippen LogP contribution in [0.15, 0.2) is 48.5 Å². The van der Waals surface area contributed by atoms with Crippen molar-refractivity contribution in [3.05, 3.63) is 59.8 Å². The zero-order chi connectivity index (χ0) is 14.2. The third kappa shape index (κ3) is 4.67. The Balaban J connectivity index is 1.92. The Bertz CT molecular complexity index is 511. The third-order valence-electron chi connectivity index (χ3n) is 3.09. The molecule has 0 bridgehead atoms. The monoisotopic (exact) mass is 269 g/mol. The number of hydrogen-bond donors (Lipinski definition) is 1. The lowest BCUT2D eigenvalue weighted by Crippen LogP contribution is -2.18. The van der Waals surface area contributed by atoms with E-state index in [1.54, 1.807) is 0 Å². The maximum Gasteiger partial charge on any atom is 0.126 e. The molecule has 20 heavy (non-hydrogen) atoms. The Kier molecular flexibility index (Phi) is 5.56. The SMILES string of the molecule is CCCNc1cccc(CN(C)Cc2ccccc2)n1. The van der Waals surface area contributed by atoms with Crippen molar-refractivity contribution < 1.29 is 0 Å². The van der Waals surface area contributed by atoms with E-state index in [4.69, 9.17) is 0 Å². The molecule has 0 unspecified atom stereocenters. The van der Waals surface area contributed by atoms with E-state index in [1.807, 2.05) is 12.1 Å². The molecule has 0 aliphatic rings. The van der Waals surface area contributed by atoms with Crippen molar-refractivity contribution in [3.8, 4) is 0 Å². The number of benzene rings is 1.